The molecule has 0 aliphatic rings. The number of nitrogens with zero attached hydrogens (tertiary/aromatic N) is 2. The van der Waals surface area contributed by atoms with E-state index in [1.54, 1.807) is 11.8 Å². The largest absolute Gasteiger partial charge is 0.348 e. The molecule has 0 atom stereocenters. The topological polar surface area (TPSA) is 72.9 Å². The van der Waals surface area contributed by atoms with Crippen LogP contribution in [0.15, 0.2) is 24.3 Å². The second kappa shape index (κ2) is 10.9. The number of nitrogens with one attached hydrogen (secondary N) is 1. The van der Waals surface area contributed by atoms with Gasteiger partial charge in [-0.1, -0.05) is 26.0 Å². The van der Waals surface area contributed by atoms with Gasteiger partial charge in [0.15, 0.2) is 0 Å². The number of fused-ring (bicyclic) bond motifs is 1. The number of nitrogens with two attached hydrogens (primary N) is 1. The zero-order valence-electron chi connectivity index (χ0n) is 14.9. The van der Waals surface area contributed by atoms with Crippen LogP contribution in [0.1, 0.15) is 32.5 Å². The van der Waals surface area contributed by atoms with E-state index in [0.717, 1.165) is 35.5 Å². The molecule has 0 unspecified atom stereocenters. The van der Waals surface area contributed by atoms with Crippen molar-refractivity contribution < 1.29 is 4.79 Å². The number of carbonyl (C=O) groups excluding carboxylic acids is 1. The quantitative estimate of drug-likeness (QED) is 0.704. The number of imidazole rings is 1. The lowest BCUT2D eigenvalue weighted by molar-refractivity contribution is -0.123. The Morgan fingerprint density at radius 2 is 1.92 bits per heavy atom. The van der Waals surface area contributed by atoms with Crippen LogP contribution < -0.4 is 11.1 Å². The van der Waals surface area contributed by atoms with Gasteiger partial charge in [-0.3, -0.25) is 4.79 Å². The van der Waals surface area contributed by atoms with Crippen LogP contribution in [0.2, 0.25) is 0 Å². The predicted octanol–water partition coefficient (Wildman–Crippen LogP) is 3.38. The Kier molecular flexibility index (Phi) is 10.5. The first-order valence-electron chi connectivity index (χ1n) is 8.03. The highest BCUT2D eigenvalue weighted by Gasteiger charge is 2.26. The fraction of sp³-hybridized carbons (Fsp3) is 0.529. The maximum Gasteiger partial charge on any atom is 0.240 e. The molecule has 0 saturated carbocycles. The zero-order valence-corrected chi connectivity index (χ0v) is 17.4. The van der Waals surface area contributed by atoms with Crippen LogP contribution in [0.5, 0.6) is 0 Å². The van der Waals surface area contributed by atoms with Crippen molar-refractivity contribution in [1.82, 2.24) is 14.9 Å². The Balaban J connectivity index is 0.00000288. The summed E-state index contributed by atoms with van der Waals surface area (Å²) in [6.45, 7) is 4.84. The summed E-state index contributed by atoms with van der Waals surface area (Å²) in [5.74, 6) is 1.70. The third kappa shape index (κ3) is 5.51. The first-order chi connectivity index (χ1) is 11.1. The molecule has 1 aromatic carbocycles. The van der Waals surface area contributed by atoms with Crippen LogP contribution in [0.4, 0.5) is 0 Å². The van der Waals surface area contributed by atoms with Gasteiger partial charge in [-0.2, -0.15) is 11.8 Å². The summed E-state index contributed by atoms with van der Waals surface area (Å²) in [4.78, 5) is 17.2. The predicted molar refractivity (Wildman–Crippen MR) is 112 cm³/mol. The van der Waals surface area contributed by atoms with E-state index in [2.05, 4.69) is 24.1 Å². The van der Waals surface area contributed by atoms with E-state index in [1.165, 1.54) is 0 Å². The van der Waals surface area contributed by atoms with Crippen molar-refractivity contribution in [2.24, 2.45) is 5.73 Å². The lowest BCUT2D eigenvalue weighted by atomic mass is 9.93. The highest BCUT2D eigenvalue weighted by atomic mass is 35.5. The molecule has 25 heavy (non-hydrogen) atoms. The zero-order chi connectivity index (χ0) is 16.9. The monoisotopic (exact) mass is 406 g/mol. The van der Waals surface area contributed by atoms with Crippen molar-refractivity contribution in [2.45, 2.75) is 44.5 Å². The maximum atomic E-state index is 12.6. The summed E-state index contributed by atoms with van der Waals surface area (Å²) in [6.07, 6.45) is 3.69. The number of carbonyl (C=O) groups is 1. The van der Waals surface area contributed by atoms with Gasteiger partial charge >= 0.3 is 0 Å². The van der Waals surface area contributed by atoms with Gasteiger partial charge < -0.3 is 15.6 Å². The number of hydrogen-bond donors (Lipinski definition) is 2. The Labute approximate surface area is 166 Å². The standard InChI is InChI=1S/C17H26N4OS.2ClH/c1-4-17(5-2,12-18)20-16(22)10-21-14-9-7-6-8-13(14)19-15(21)11-23-3;;/h6-9H,4-5,10-12,18H2,1-3H3,(H,20,22);2*1H. The van der Waals surface area contributed by atoms with Gasteiger partial charge in [-0.05, 0) is 31.2 Å². The van der Waals surface area contributed by atoms with Crippen molar-refractivity contribution in [2.75, 3.05) is 12.8 Å². The molecule has 1 aromatic heterocycles. The second-order valence-electron chi connectivity index (χ2n) is 5.78. The normalized spacial score (nSPS) is 10.9. The van der Waals surface area contributed by atoms with Crippen molar-refractivity contribution in [3.05, 3.63) is 30.1 Å². The minimum atomic E-state index is -0.312. The van der Waals surface area contributed by atoms with Crippen molar-refractivity contribution in [3.8, 4) is 0 Å². The third-order valence-electron chi connectivity index (χ3n) is 4.46. The van der Waals surface area contributed by atoms with E-state index in [9.17, 15) is 4.79 Å². The number of amides is 1. The summed E-state index contributed by atoms with van der Waals surface area (Å²) < 4.78 is 2.01. The molecule has 0 spiro atoms. The van der Waals surface area contributed by atoms with Gasteiger partial charge in [0.05, 0.1) is 22.3 Å². The smallest absolute Gasteiger partial charge is 0.240 e. The number of benzene rings is 1. The number of aromatic nitrogens is 2. The van der Waals surface area contributed by atoms with Crippen LogP contribution >= 0.6 is 36.6 Å². The van der Waals surface area contributed by atoms with E-state index < -0.39 is 0 Å². The second-order valence-corrected chi connectivity index (χ2v) is 6.64. The fourth-order valence-electron chi connectivity index (χ4n) is 2.79. The van der Waals surface area contributed by atoms with E-state index in [4.69, 9.17) is 5.73 Å². The highest BCUT2D eigenvalue weighted by Crippen LogP contribution is 2.19. The highest BCUT2D eigenvalue weighted by molar-refractivity contribution is 7.97. The van der Waals surface area contributed by atoms with Gasteiger partial charge in [-0.15, -0.1) is 24.8 Å². The lowest BCUT2D eigenvalue weighted by Gasteiger charge is -2.31. The maximum absolute atomic E-state index is 12.6. The molecule has 2 aromatic rings. The first kappa shape index (κ1) is 24.1. The number of hydrogen-bond acceptors (Lipinski definition) is 4. The molecule has 0 aliphatic heterocycles. The molecule has 0 saturated heterocycles. The third-order valence-corrected chi connectivity index (χ3v) is 5.00. The number of thioether (sulfide) groups is 1. The fourth-order valence-corrected chi connectivity index (χ4v) is 3.27. The molecule has 5 nitrogen and oxygen atoms in total. The van der Waals surface area contributed by atoms with Crippen LogP contribution in [0, 0.1) is 0 Å². The Bertz CT molecular complexity index is 665. The molecular formula is C17H28Cl2N4OS. The van der Waals surface area contributed by atoms with Gasteiger partial charge in [0, 0.05) is 6.54 Å². The molecule has 3 N–H and O–H groups in total. The summed E-state index contributed by atoms with van der Waals surface area (Å²) >= 11 is 1.70. The summed E-state index contributed by atoms with van der Waals surface area (Å²) in [5, 5.41) is 3.13. The Morgan fingerprint density at radius 1 is 1.28 bits per heavy atom. The molecule has 2 rings (SSSR count). The van der Waals surface area contributed by atoms with Crippen molar-refractivity contribution >= 4 is 53.5 Å². The Hall–Kier alpha value is -0.950. The van der Waals surface area contributed by atoms with E-state index in [0.29, 0.717) is 6.54 Å². The number of para-hydroxylation sites is 2. The van der Waals surface area contributed by atoms with Gasteiger partial charge in [-0.25, -0.2) is 4.98 Å². The average Bonchev–Trinajstić information content (AvgIpc) is 2.91. The molecule has 0 fully saturated rings. The SMILES string of the molecule is CCC(CC)(CN)NC(=O)Cn1c(CSC)nc2ccccc21.Cl.Cl. The van der Waals surface area contributed by atoms with Gasteiger partial charge in [0.2, 0.25) is 5.91 Å². The molecule has 0 radical (unpaired) electrons. The van der Waals surface area contributed by atoms with Gasteiger partial charge in [0.1, 0.15) is 12.4 Å². The first-order valence-corrected chi connectivity index (χ1v) is 9.42. The van der Waals surface area contributed by atoms with Crippen LogP contribution in [-0.2, 0) is 17.1 Å². The molecule has 0 bridgehead atoms. The molecule has 1 heterocycles. The van der Waals surface area contributed by atoms with Crippen molar-refractivity contribution in [3.63, 3.8) is 0 Å². The Morgan fingerprint density at radius 3 is 2.48 bits per heavy atom. The average molecular weight is 407 g/mol. The van der Waals surface area contributed by atoms with Crippen LogP contribution in [0.25, 0.3) is 11.0 Å². The number of halogens is 2. The van der Waals surface area contributed by atoms with Crippen LogP contribution in [0.3, 0.4) is 0 Å². The van der Waals surface area contributed by atoms with Crippen molar-refractivity contribution in [1.29, 1.82) is 0 Å². The minimum absolute atomic E-state index is 0. The van der Waals surface area contributed by atoms with Gasteiger partial charge in [0.25, 0.3) is 0 Å². The minimum Gasteiger partial charge on any atom is -0.348 e. The number of rotatable bonds is 8. The van der Waals surface area contributed by atoms with Crippen LogP contribution in [-0.4, -0.2) is 33.8 Å². The summed E-state index contributed by atoms with van der Waals surface area (Å²) in [5.41, 5.74) is 7.50. The molecule has 1 amide bonds. The van der Waals surface area contributed by atoms with E-state index >= 15 is 0 Å². The lowest BCUT2D eigenvalue weighted by Crippen LogP contribution is -2.53. The molecule has 0 aliphatic carbocycles. The molecule has 8 heteroatoms. The summed E-state index contributed by atoms with van der Waals surface area (Å²) in [6, 6.07) is 7.94. The van der Waals surface area contributed by atoms with E-state index in [1.807, 2.05) is 35.1 Å². The molecular weight excluding hydrogens is 379 g/mol. The van der Waals surface area contributed by atoms with E-state index in [-0.39, 0.29) is 42.8 Å². The molecule has 142 valence electrons. The summed E-state index contributed by atoms with van der Waals surface area (Å²) in [7, 11) is 0.